The highest BCUT2D eigenvalue weighted by Gasteiger charge is 2.36. The van der Waals surface area contributed by atoms with Crippen molar-refractivity contribution in [3.05, 3.63) is 0 Å². The van der Waals surface area contributed by atoms with Gasteiger partial charge in [-0.2, -0.15) is 0 Å². The van der Waals surface area contributed by atoms with Crippen LogP contribution in [0.5, 0.6) is 0 Å². The molecule has 2 heteroatoms. The summed E-state index contributed by atoms with van der Waals surface area (Å²) in [5.41, 5.74) is 0. The van der Waals surface area contributed by atoms with Crippen molar-refractivity contribution < 1.29 is 4.79 Å². The minimum absolute atomic E-state index is 0.405. The van der Waals surface area contributed by atoms with Gasteiger partial charge in [0.15, 0.2) is 0 Å². The highest BCUT2D eigenvalue weighted by atomic mass is 16.2. The first-order valence-electron chi connectivity index (χ1n) is 6.12. The molecule has 1 aliphatic carbocycles. The number of amides is 1. The Morgan fingerprint density at radius 1 is 1.29 bits per heavy atom. The van der Waals surface area contributed by atoms with Crippen molar-refractivity contribution in [2.75, 3.05) is 6.54 Å². The average molecular weight is 195 g/mol. The second kappa shape index (κ2) is 4.33. The van der Waals surface area contributed by atoms with Crippen LogP contribution in [-0.4, -0.2) is 23.4 Å². The van der Waals surface area contributed by atoms with Gasteiger partial charge in [-0.25, -0.2) is 0 Å². The topological polar surface area (TPSA) is 20.3 Å². The van der Waals surface area contributed by atoms with Gasteiger partial charge >= 0.3 is 0 Å². The van der Waals surface area contributed by atoms with Crippen LogP contribution in [0.15, 0.2) is 0 Å². The van der Waals surface area contributed by atoms with Crippen LogP contribution in [0.1, 0.15) is 51.9 Å². The molecule has 14 heavy (non-hydrogen) atoms. The molecule has 0 aromatic rings. The zero-order valence-electron chi connectivity index (χ0n) is 9.17. The summed E-state index contributed by atoms with van der Waals surface area (Å²) in [5.74, 6) is 1.25. The normalized spacial score (nSPS) is 27.8. The summed E-state index contributed by atoms with van der Waals surface area (Å²) >= 11 is 0. The molecule has 2 aliphatic rings. The number of hydrogen-bond donors (Lipinski definition) is 0. The molecule has 2 rings (SSSR count). The van der Waals surface area contributed by atoms with Crippen molar-refractivity contribution in [1.29, 1.82) is 0 Å². The van der Waals surface area contributed by atoms with Gasteiger partial charge in [0.05, 0.1) is 0 Å². The summed E-state index contributed by atoms with van der Waals surface area (Å²) in [5, 5.41) is 0. The Labute approximate surface area is 86.7 Å². The average Bonchev–Trinajstić information content (AvgIpc) is 2.50. The molecule has 1 heterocycles. The van der Waals surface area contributed by atoms with Crippen LogP contribution in [0.4, 0.5) is 0 Å². The minimum Gasteiger partial charge on any atom is -0.339 e. The van der Waals surface area contributed by atoms with Crippen LogP contribution >= 0.6 is 0 Å². The highest BCUT2D eigenvalue weighted by molar-refractivity contribution is 5.76. The second-order valence-corrected chi connectivity index (χ2v) is 4.74. The summed E-state index contributed by atoms with van der Waals surface area (Å²) in [4.78, 5) is 14.0. The van der Waals surface area contributed by atoms with Crippen molar-refractivity contribution in [1.82, 2.24) is 4.90 Å². The zero-order valence-corrected chi connectivity index (χ0v) is 9.17. The summed E-state index contributed by atoms with van der Waals surface area (Å²) in [6.07, 6.45) is 8.35. The molecule has 1 amide bonds. The summed E-state index contributed by atoms with van der Waals surface area (Å²) < 4.78 is 0. The maximum Gasteiger partial charge on any atom is 0.222 e. The molecule has 0 spiro atoms. The van der Waals surface area contributed by atoms with E-state index in [1.165, 1.54) is 32.1 Å². The van der Waals surface area contributed by atoms with Gasteiger partial charge in [-0.1, -0.05) is 13.3 Å². The summed E-state index contributed by atoms with van der Waals surface area (Å²) in [7, 11) is 0. The van der Waals surface area contributed by atoms with Crippen molar-refractivity contribution in [2.24, 2.45) is 5.92 Å². The number of hydrogen-bond acceptors (Lipinski definition) is 1. The van der Waals surface area contributed by atoms with E-state index in [4.69, 9.17) is 0 Å². The van der Waals surface area contributed by atoms with Crippen LogP contribution in [-0.2, 0) is 4.79 Å². The standard InChI is InChI=1S/C12H21NO/c1-2-5-12(14)13-9-4-8-11(13)10-6-3-7-10/h10-11H,2-9H2,1H3. The van der Waals surface area contributed by atoms with Crippen LogP contribution in [0.2, 0.25) is 0 Å². The number of carbonyl (C=O) groups excluding carboxylic acids is 1. The Hall–Kier alpha value is -0.530. The number of nitrogens with zero attached hydrogens (tertiary/aromatic N) is 1. The van der Waals surface area contributed by atoms with Gasteiger partial charge in [-0.15, -0.1) is 0 Å². The van der Waals surface area contributed by atoms with E-state index >= 15 is 0 Å². The minimum atomic E-state index is 0.405. The first kappa shape index (κ1) is 10.0. The van der Waals surface area contributed by atoms with Crippen molar-refractivity contribution >= 4 is 5.91 Å². The quantitative estimate of drug-likeness (QED) is 0.678. The SMILES string of the molecule is CCCC(=O)N1CCCC1C1CCC1. The third kappa shape index (κ3) is 1.79. The molecule has 1 aliphatic heterocycles. The second-order valence-electron chi connectivity index (χ2n) is 4.74. The number of likely N-dealkylation sites (tertiary alicyclic amines) is 1. The molecule has 1 saturated carbocycles. The summed E-state index contributed by atoms with van der Waals surface area (Å²) in [6, 6.07) is 0.614. The predicted octanol–water partition coefficient (Wildman–Crippen LogP) is 2.58. The molecule has 0 aromatic heterocycles. The molecule has 0 N–H and O–H groups in total. The van der Waals surface area contributed by atoms with Gasteiger partial charge in [0.25, 0.3) is 0 Å². The Balaban J connectivity index is 1.92. The molecule has 0 bridgehead atoms. The maximum atomic E-state index is 11.8. The molecule has 80 valence electrons. The van der Waals surface area contributed by atoms with Crippen molar-refractivity contribution in [3.8, 4) is 0 Å². The Bertz CT molecular complexity index is 210. The number of carbonyl (C=O) groups is 1. The van der Waals surface area contributed by atoms with E-state index in [-0.39, 0.29) is 0 Å². The maximum absolute atomic E-state index is 11.8. The van der Waals surface area contributed by atoms with E-state index in [0.29, 0.717) is 11.9 Å². The van der Waals surface area contributed by atoms with Gasteiger partial charge in [0.2, 0.25) is 5.91 Å². The monoisotopic (exact) mass is 195 g/mol. The third-order valence-electron chi connectivity index (χ3n) is 3.78. The lowest BCUT2D eigenvalue weighted by molar-refractivity contribution is -0.133. The number of rotatable bonds is 3. The lowest BCUT2D eigenvalue weighted by Gasteiger charge is -2.37. The van der Waals surface area contributed by atoms with E-state index < -0.39 is 0 Å². The summed E-state index contributed by atoms with van der Waals surface area (Å²) in [6.45, 7) is 3.12. The smallest absolute Gasteiger partial charge is 0.222 e. The molecule has 0 radical (unpaired) electrons. The van der Waals surface area contributed by atoms with E-state index in [1.807, 2.05) is 0 Å². The van der Waals surface area contributed by atoms with Crippen LogP contribution in [0.25, 0.3) is 0 Å². The first-order chi connectivity index (χ1) is 6.83. The molecule has 2 fully saturated rings. The molecular weight excluding hydrogens is 174 g/mol. The molecular formula is C12H21NO. The Kier molecular flexibility index (Phi) is 3.09. The first-order valence-corrected chi connectivity index (χ1v) is 6.12. The van der Waals surface area contributed by atoms with Gasteiger partial charge < -0.3 is 4.90 Å². The van der Waals surface area contributed by atoms with E-state index in [1.54, 1.807) is 0 Å². The third-order valence-corrected chi connectivity index (χ3v) is 3.78. The molecule has 2 nitrogen and oxygen atoms in total. The highest BCUT2D eigenvalue weighted by Crippen LogP contribution is 2.37. The fourth-order valence-corrected chi connectivity index (χ4v) is 2.77. The molecule has 1 saturated heterocycles. The molecule has 1 unspecified atom stereocenters. The Morgan fingerprint density at radius 3 is 2.64 bits per heavy atom. The Morgan fingerprint density at radius 2 is 2.07 bits per heavy atom. The van der Waals surface area contributed by atoms with Gasteiger partial charge in [-0.05, 0) is 38.0 Å². The van der Waals surface area contributed by atoms with Crippen molar-refractivity contribution in [3.63, 3.8) is 0 Å². The fourth-order valence-electron chi connectivity index (χ4n) is 2.77. The van der Waals surface area contributed by atoms with E-state index in [0.717, 1.165) is 25.3 Å². The lowest BCUT2D eigenvalue weighted by atomic mass is 9.79. The van der Waals surface area contributed by atoms with Gasteiger partial charge in [-0.3, -0.25) is 4.79 Å². The fraction of sp³-hybridized carbons (Fsp3) is 0.917. The lowest BCUT2D eigenvalue weighted by Crippen LogP contribution is -2.42. The van der Waals surface area contributed by atoms with Crippen molar-refractivity contribution in [2.45, 2.75) is 57.9 Å². The predicted molar refractivity (Wildman–Crippen MR) is 57.0 cm³/mol. The van der Waals surface area contributed by atoms with Crippen LogP contribution in [0, 0.1) is 5.92 Å². The molecule has 1 atom stereocenters. The largest absolute Gasteiger partial charge is 0.339 e. The van der Waals surface area contributed by atoms with E-state index in [9.17, 15) is 4.79 Å². The van der Waals surface area contributed by atoms with Crippen LogP contribution < -0.4 is 0 Å². The molecule has 0 aromatic carbocycles. The van der Waals surface area contributed by atoms with Gasteiger partial charge in [0.1, 0.15) is 0 Å². The zero-order chi connectivity index (χ0) is 9.97. The van der Waals surface area contributed by atoms with Crippen LogP contribution in [0.3, 0.4) is 0 Å². The van der Waals surface area contributed by atoms with E-state index in [2.05, 4.69) is 11.8 Å². The van der Waals surface area contributed by atoms with Gasteiger partial charge in [0, 0.05) is 19.0 Å².